The summed E-state index contributed by atoms with van der Waals surface area (Å²) in [7, 11) is 2.05. The molecule has 0 aliphatic carbocycles. The number of anilines is 1. The Morgan fingerprint density at radius 3 is 2.56 bits per heavy atom. The van der Waals surface area contributed by atoms with Gasteiger partial charge in [0.2, 0.25) is 5.95 Å². The predicted octanol–water partition coefficient (Wildman–Crippen LogP) is 0.670. The van der Waals surface area contributed by atoms with E-state index in [1.165, 1.54) is 6.42 Å². The van der Waals surface area contributed by atoms with Crippen LogP contribution in [0.5, 0.6) is 0 Å². The first-order chi connectivity index (χ1) is 8.76. The second kappa shape index (κ2) is 6.20. The van der Waals surface area contributed by atoms with Crippen molar-refractivity contribution in [3.05, 3.63) is 12.4 Å². The molecule has 1 fully saturated rings. The van der Waals surface area contributed by atoms with Gasteiger partial charge >= 0.3 is 0 Å². The summed E-state index contributed by atoms with van der Waals surface area (Å²) in [5.74, 6) is 1.08. The van der Waals surface area contributed by atoms with Crippen LogP contribution in [0.1, 0.15) is 19.8 Å². The molecule has 0 spiro atoms. The van der Waals surface area contributed by atoms with Gasteiger partial charge in [0.05, 0.1) is 0 Å². The number of hydrogen-bond donors (Lipinski definition) is 1. The molecule has 1 atom stereocenters. The lowest BCUT2D eigenvalue weighted by atomic mass is 10.1. The van der Waals surface area contributed by atoms with Crippen LogP contribution in [0.15, 0.2) is 12.4 Å². The van der Waals surface area contributed by atoms with Crippen molar-refractivity contribution in [2.75, 3.05) is 37.6 Å². The fourth-order valence-electron chi connectivity index (χ4n) is 2.79. The quantitative estimate of drug-likeness (QED) is 0.835. The van der Waals surface area contributed by atoms with Gasteiger partial charge in [-0.1, -0.05) is 6.92 Å². The van der Waals surface area contributed by atoms with E-state index in [1.807, 2.05) is 12.4 Å². The molecule has 5 nitrogen and oxygen atoms in total. The van der Waals surface area contributed by atoms with E-state index in [1.54, 1.807) is 0 Å². The summed E-state index contributed by atoms with van der Waals surface area (Å²) in [6.45, 7) is 7.40. The van der Waals surface area contributed by atoms with Crippen LogP contribution in [0.25, 0.3) is 0 Å². The number of nitrogens with zero attached hydrogens (tertiary/aromatic N) is 4. The van der Waals surface area contributed by atoms with Crippen molar-refractivity contribution in [2.45, 2.75) is 25.8 Å². The molecule has 1 aromatic rings. The Hall–Kier alpha value is -1.07. The average molecular weight is 251 g/mol. The fraction of sp³-hybridized carbons (Fsp3) is 0.769. The van der Waals surface area contributed by atoms with E-state index in [0.29, 0.717) is 6.04 Å². The third-order valence-corrected chi connectivity index (χ3v) is 3.88. The Kier molecular flexibility index (Phi) is 4.60. The zero-order chi connectivity index (χ0) is 13.0. The Labute approximate surface area is 110 Å². The van der Waals surface area contributed by atoms with Gasteiger partial charge in [0.15, 0.2) is 0 Å². The van der Waals surface area contributed by atoms with Crippen LogP contribution < -0.4 is 10.6 Å². The maximum atomic E-state index is 5.69. The second-order valence-electron chi connectivity index (χ2n) is 5.00. The summed E-state index contributed by atoms with van der Waals surface area (Å²) in [6, 6.07) is 0.651. The van der Waals surface area contributed by atoms with Crippen molar-refractivity contribution in [1.82, 2.24) is 14.5 Å². The largest absolute Gasteiger partial charge is 0.340 e. The van der Waals surface area contributed by atoms with Crippen molar-refractivity contribution in [3.8, 4) is 0 Å². The minimum Gasteiger partial charge on any atom is -0.340 e. The van der Waals surface area contributed by atoms with Crippen LogP contribution in [0.2, 0.25) is 0 Å². The molecule has 1 unspecified atom stereocenters. The van der Waals surface area contributed by atoms with Crippen molar-refractivity contribution < 1.29 is 0 Å². The Balaban J connectivity index is 1.90. The number of aromatic nitrogens is 2. The highest BCUT2D eigenvalue weighted by atomic mass is 15.3. The van der Waals surface area contributed by atoms with E-state index >= 15 is 0 Å². The molecule has 0 bridgehead atoms. The Morgan fingerprint density at radius 1 is 1.33 bits per heavy atom. The first-order valence-electron chi connectivity index (χ1n) is 6.92. The van der Waals surface area contributed by atoms with Gasteiger partial charge in [0.25, 0.3) is 0 Å². The zero-order valence-electron chi connectivity index (χ0n) is 11.5. The van der Waals surface area contributed by atoms with Crippen LogP contribution in [0.3, 0.4) is 0 Å². The minimum atomic E-state index is 0.651. The van der Waals surface area contributed by atoms with Gasteiger partial charge in [-0.2, -0.15) is 0 Å². The van der Waals surface area contributed by atoms with Gasteiger partial charge in [-0.15, -0.1) is 0 Å². The van der Waals surface area contributed by atoms with E-state index in [4.69, 9.17) is 5.73 Å². The first kappa shape index (κ1) is 13.4. The second-order valence-corrected chi connectivity index (χ2v) is 5.00. The van der Waals surface area contributed by atoms with Crippen molar-refractivity contribution >= 4 is 5.95 Å². The van der Waals surface area contributed by atoms with Crippen LogP contribution in [0, 0.1) is 0 Å². The van der Waals surface area contributed by atoms with Crippen molar-refractivity contribution in [2.24, 2.45) is 12.8 Å². The predicted molar refractivity (Wildman–Crippen MR) is 74.7 cm³/mol. The molecule has 2 N–H and O–H groups in total. The van der Waals surface area contributed by atoms with E-state index in [2.05, 4.69) is 33.3 Å². The summed E-state index contributed by atoms with van der Waals surface area (Å²) in [5, 5.41) is 0. The number of aryl methyl sites for hydroxylation is 1. The van der Waals surface area contributed by atoms with Gasteiger partial charge in [0.1, 0.15) is 0 Å². The molecule has 1 aromatic heterocycles. The maximum Gasteiger partial charge on any atom is 0.205 e. The number of piperazine rings is 1. The third-order valence-electron chi connectivity index (χ3n) is 3.88. The number of imidazole rings is 1. The first-order valence-corrected chi connectivity index (χ1v) is 6.92. The average Bonchev–Trinajstić information content (AvgIpc) is 2.82. The van der Waals surface area contributed by atoms with E-state index in [9.17, 15) is 0 Å². The molecule has 2 heterocycles. The monoisotopic (exact) mass is 251 g/mol. The van der Waals surface area contributed by atoms with Crippen molar-refractivity contribution in [1.29, 1.82) is 0 Å². The molecule has 18 heavy (non-hydrogen) atoms. The van der Waals surface area contributed by atoms with Gasteiger partial charge in [-0.05, 0) is 19.4 Å². The molecular weight excluding hydrogens is 226 g/mol. The lowest BCUT2D eigenvalue weighted by Crippen LogP contribution is -2.51. The molecule has 2 rings (SSSR count). The van der Waals surface area contributed by atoms with Crippen LogP contribution in [0.4, 0.5) is 5.95 Å². The number of rotatable bonds is 5. The topological polar surface area (TPSA) is 50.3 Å². The standard InChI is InChI=1S/C13H25N5/c1-3-12(4-5-14)17-8-10-18(11-9-17)13-15-6-7-16(13)2/h6-7,12H,3-5,8-11,14H2,1-2H3. The highest BCUT2D eigenvalue weighted by Crippen LogP contribution is 2.16. The number of hydrogen-bond acceptors (Lipinski definition) is 4. The molecule has 1 saturated heterocycles. The Bertz CT molecular complexity index is 354. The summed E-state index contributed by atoms with van der Waals surface area (Å²) < 4.78 is 2.09. The zero-order valence-corrected chi connectivity index (χ0v) is 11.5. The molecule has 0 saturated carbocycles. The van der Waals surface area contributed by atoms with E-state index in [-0.39, 0.29) is 0 Å². The molecular formula is C13H25N5. The third kappa shape index (κ3) is 2.84. The minimum absolute atomic E-state index is 0.651. The molecule has 1 aliphatic rings. The van der Waals surface area contributed by atoms with Crippen LogP contribution >= 0.6 is 0 Å². The van der Waals surface area contributed by atoms with E-state index < -0.39 is 0 Å². The molecule has 0 radical (unpaired) electrons. The van der Waals surface area contributed by atoms with E-state index in [0.717, 1.165) is 45.1 Å². The summed E-state index contributed by atoms with van der Waals surface area (Å²) >= 11 is 0. The van der Waals surface area contributed by atoms with Gasteiger partial charge in [-0.3, -0.25) is 4.90 Å². The maximum absolute atomic E-state index is 5.69. The van der Waals surface area contributed by atoms with Gasteiger partial charge in [0, 0.05) is 51.7 Å². The summed E-state index contributed by atoms with van der Waals surface area (Å²) in [4.78, 5) is 9.36. The SMILES string of the molecule is CCC(CCN)N1CCN(c2nccn2C)CC1. The summed E-state index contributed by atoms with van der Waals surface area (Å²) in [5.41, 5.74) is 5.69. The fourth-order valence-corrected chi connectivity index (χ4v) is 2.79. The number of nitrogens with two attached hydrogens (primary N) is 1. The van der Waals surface area contributed by atoms with Gasteiger partial charge < -0.3 is 15.2 Å². The Morgan fingerprint density at radius 2 is 2.06 bits per heavy atom. The van der Waals surface area contributed by atoms with Gasteiger partial charge in [-0.25, -0.2) is 4.98 Å². The smallest absolute Gasteiger partial charge is 0.205 e. The molecule has 0 amide bonds. The molecule has 1 aliphatic heterocycles. The summed E-state index contributed by atoms with van der Waals surface area (Å²) in [6.07, 6.45) is 6.18. The highest BCUT2D eigenvalue weighted by Gasteiger charge is 2.23. The van der Waals surface area contributed by atoms with Crippen LogP contribution in [-0.4, -0.2) is 53.2 Å². The highest BCUT2D eigenvalue weighted by molar-refractivity contribution is 5.31. The van der Waals surface area contributed by atoms with Crippen LogP contribution in [-0.2, 0) is 7.05 Å². The lowest BCUT2D eigenvalue weighted by molar-refractivity contribution is 0.172. The van der Waals surface area contributed by atoms with Crippen molar-refractivity contribution in [3.63, 3.8) is 0 Å². The molecule has 102 valence electrons. The normalized spacial score (nSPS) is 19.2. The molecule has 0 aromatic carbocycles. The lowest BCUT2D eigenvalue weighted by Gasteiger charge is -2.39. The molecule has 5 heteroatoms.